The fourth-order valence-corrected chi connectivity index (χ4v) is 2.74. The molecule has 0 saturated carbocycles. The van der Waals surface area contributed by atoms with Crippen molar-refractivity contribution in [3.63, 3.8) is 0 Å². The van der Waals surface area contributed by atoms with Crippen LogP contribution in [0.1, 0.15) is 84.5 Å². The van der Waals surface area contributed by atoms with Gasteiger partial charge >= 0.3 is 51.4 Å². The van der Waals surface area contributed by atoms with Crippen LogP contribution in [0.2, 0.25) is 0 Å². The maximum atomic E-state index is 10.6. The van der Waals surface area contributed by atoms with Crippen LogP contribution in [0.4, 0.5) is 0 Å². The van der Waals surface area contributed by atoms with Crippen LogP contribution in [0.15, 0.2) is 12.2 Å². The number of hydrogen-bond donors (Lipinski definition) is 0. The Balaban J connectivity index is 0. The molecule has 0 saturated heterocycles. The SMILES string of the molecule is CCCCCCC/C=C/C(CCCCCC)COS(=O)(=O)[O-].[K+]. The average molecular weight is 373 g/mol. The summed E-state index contributed by atoms with van der Waals surface area (Å²) in [5.74, 6) is 0.0243. The van der Waals surface area contributed by atoms with Crippen LogP contribution in [0.5, 0.6) is 0 Å². The zero-order chi connectivity index (χ0) is 16.7. The summed E-state index contributed by atoms with van der Waals surface area (Å²) in [6, 6.07) is 0. The molecule has 0 amide bonds. The first kappa shape index (κ1) is 26.5. The van der Waals surface area contributed by atoms with Gasteiger partial charge in [-0.25, -0.2) is 8.42 Å². The van der Waals surface area contributed by atoms with Gasteiger partial charge in [-0.05, 0) is 19.3 Å². The maximum Gasteiger partial charge on any atom is 1.00 e. The summed E-state index contributed by atoms with van der Waals surface area (Å²) in [4.78, 5) is 0. The number of rotatable bonds is 15. The van der Waals surface area contributed by atoms with Gasteiger partial charge in [-0.15, -0.1) is 0 Å². The third kappa shape index (κ3) is 21.2. The predicted molar refractivity (Wildman–Crippen MR) is 90.4 cm³/mol. The normalized spacial score (nSPS) is 13.2. The number of allylic oxidation sites excluding steroid dienone is 1. The number of hydrogen-bond acceptors (Lipinski definition) is 4. The van der Waals surface area contributed by atoms with E-state index in [1.165, 1.54) is 44.9 Å². The van der Waals surface area contributed by atoms with E-state index in [2.05, 4.69) is 24.1 Å². The minimum Gasteiger partial charge on any atom is -0.726 e. The van der Waals surface area contributed by atoms with Gasteiger partial charge in [0.05, 0.1) is 6.61 Å². The second-order valence-corrected chi connectivity index (χ2v) is 6.99. The van der Waals surface area contributed by atoms with Crippen LogP contribution in [0, 0.1) is 5.92 Å². The molecule has 0 aliphatic carbocycles. The molecule has 0 N–H and O–H groups in total. The van der Waals surface area contributed by atoms with Crippen molar-refractivity contribution in [1.82, 2.24) is 0 Å². The topological polar surface area (TPSA) is 66.4 Å². The third-order valence-electron chi connectivity index (χ3n) is 3.74. The smallest absolute Gasteiger partial charge is 0.726 e. The maximum absolute atomic E-state index is 10.6. The Morgan fingerprint density at radius 1 is 0.957 bits per heavy atom. The van der Waals surface area contributed by atoms with E-state index in [1.807, 2.05) is 6.08 Å². The molecule has 6 heteroatoms. The van der Waals surface area contributed by atoms with E-state index in [-0.39, 0.29) is 63.9 Å². The molecule has 0 bridgehead atoms. The van der Waals surface area contributed by atoms with Gasteiger partial charge in [0, 0.05) is 5.92 Å². The van der Waals surface area contributed by atoms with Crippen molar-refractivity contribution in [1.29, 1.82) is 0 Å². The van der Waals surface area contributed by atoms with Crippen LogP contribution < -0.4 is 51.4 Å². The first-order valence-electron chi connectivity index (χ1n) is 8.76. The summed E-state index contributed by atoms with van der Waals surface area (Å²) >= 11 is 0. The molecule has 0 aromatic heterocycles. The van der Waals surface area contributed by atoms with Crippen LogP contribution >= 0.6 is 0 Å². The quantitative estimate of drug-likeness (QED) is 0.145. The van der Waals surface area contributed by atoms with Crippen molar-refractivity contribution >= 4 is 10.4 Å². The van der Waals surface area contributed by atoms with E-state index in [4.69, 9.17) is 0 Å². The van der Waals surface area contributed by atoms with Crippen molar-refractivity contribution in [3.8, 4) is 0 Å². The second kappa shape index (κ2) is 18.0. The average Bonchev–Trinajstić information content (AvgIpc) is 2.46. The van der Waals surface area contributed by atoms with Crippen molar-refractivity contribution in [2.75, 3.05) is 6.61 Å². The molecule has 0 rings (SSSR count). The van der Waals surface area contributed by atoms with Crippen molar-refractivity contribution < 1.29 is 68.5 Å². The molecule has 23 heavy (non-hydrogen) atoms. The molecule has 1 atom stereocenters. The van der Waals surface area contributed by atoms with Crippen LogP contribution in [0.3, 0.4) is 0 Å². The van der Waals surface area contributed by atoms with Crippen molar-refractivity contribution in [2.45, 2.75) is 84.5 Å². The summed E-state index contributed by atoms with van der Waals surface area (Å²) in [6.45, 7) is 4.33. The summed E-state index contributed by atoms with van der Waals surface area (Å²) in [5, 5.41) is 0. The molecule has 0 heterocycles. The van der Waals surface area contributed by atoms with Gasteiger partial charge in [0.1, 0.15) is 0 Å². The Morgan fingerprint density at radius 3 is 2.09 bits per heavy atom. The standard InChI is InChI=1S/C17H34O4S.K/c1-3-5-7-9-10-11-13-15-17(14-12-8-6-4-2)16-21-22(18,19)20;/h13,15,17H,3-12,14,16H2,1-2H3,(H,18,19,20);/q;+1/p-1/b15-13+;. The predicted octanol–water partition coefficient (Wildman–Crippen LogP) is 1.97. The molecule has 0 spiro atoms. The molecule has 1 unspecified atom stereocenters. The Morgan fingerprint density at radius 2 is 1.52 bits per heavy atom. The van der Waals surface area contributed by atoms with Crippen LogP contribution in [-0.2, 0) is 14.6 Å². The Kier molecular flexibility index (Phi) is 20.8. The van der Waals surface area contributed by atoms with E-state index in [9.17, 15) is 13.0 Å². The molecule has 0 radical (unpaired) electrons. The van der Waals surface area contributed by atoms with E-state index in [1.54, 1.807) is 0 Å². The van der Waals surface area contributed by atoms with Crippen molar-refractivity contribution in [2.24, 2.45) is 5.92 Å². The monoisotopic (exact) mass is 372 g/mol. The Labute approximate surface area is 186 Å². The summed E-state index contributed by atoms with van der Waals surface area (Å²) in [6.07, 6.45) is 16.8. The van der Waals surface area contributed by atoms with Gasteiger partial charge in [0.2, 0.25) is 10.4 Å². The first-order chi connectivity index (χ1) is 10.5. The molecule has 0 fully saturated rings. The van der Waals surface area contributed by atoms with Gasteiger partial charge in [-0.1, -0.05) is 77.4 Å². The van der Waals surface area contributed by atoms with E-state index in [0.717, 1.165) is 25.7 Å². The van der Waals surface area contributed by atoms with Crippen molar-refractivity contribution in [3.05, 3.63) is 12.2 Å². The van der Waals surface area contributed by atoms with E-state index < -0.39 is 10.4 Å². The fraction of sp³-hybridized carbons (Fsp3) is 0.882. The summed E-state index contributed by atoms with van der Waals surface area (Å²) < 4.78 is 36.2. The molecular weight excluding hydrogens is 339 g/mol. The van der Waals surface area contributed by atoms with Gasteiger partial charge < -0.3 is 4.55 Å². The Bertz CT molecular complexity index is 369. The van der Waals surface area contributed by atoms with E-state index >= 15 is 0 Å². The zero-order valence-electron chi connectivity index (χ0n) is 15.3. The zero-order valence-corrected chi connectivity index (χ0v) is 19.2. The largest absolute Gasteiger partial charge is 1.00 e. The minimum atomic E-state index is -4.58. The summed E-state index contributed by atoms with van der Waals surface area (Å²) in [5.41, 5.74) is 0. The first-order valence-corrected chi connectivity index (χ1v) is 10.1. The van der Waals surface area contributed by atoms with Gasteiger partial charge in [-0.2, -0.15) is 0 Å². The second-order valence-electron chi connectivity index (χ2n) is 5.93. The Hall–Kier alpha value is 1.25. The molecular formula is C17H33KO4S. The minimum absolute atomic E-state index is 0. The molecule has 0 aliphatic rings. The van der Waals surface area contributed by atoms with E-state index in [0.29, 0.717) is 0 Å². The molecule has 132 valence electrons. The van der Waals surface area contributed by atoms with Crippen LogP contribution in [-0.4, -0.2) is 19.6 Å². The van der Waals surface area contributed by atoms with Gasteiger partial charge in [0.15, 0.2) is 0 Å². The summed E-state index contributed by atoms with van der Waals surface area (Å²) in [7, 11) is -4.58. The molecule has 4 nitrogen and oxygen atoms in total. The fourth-order valence-electron chi connectivity index (χ4n) is 2.39. The van der Waals surface area contributed by atoms with Gasteiger partial charge in [-0.3, -0.25) is 4.18 Å². The van der Waals surface area contributed by atoms with Gasteiger partial charge in [0.25, 0.3) is 0 Å². The molecule has 0 aliphatic heterocycles. The molecule has 0 aromatic carbocycles. The van der Waals surface area contributed by atoms with Crippen LogP contribution in [0.25, 0.3) is 0 Å². The third-order valence-corrected chi connectivity index (χ3v) is 4.16. The number of unbranched alkanes of at least 4 members (excludes halogenated alkanes) is 8. The molecule has 0 aromatic rings.